The molecule has 1 aliphatic carbocycles. The van der Waals surface area contributed by atoms with Crippen molar-refractivity contribution in [1.82, 2.24) is 0 Å². The predicted octanol–water partition coefficient (Wildman–Crippen LogP) is 2.11. The lowest BCUT2D eigenvalue weighted by atomic mass is 10.2. The second kappa shape index (κ2) is 5.12. The Bertz CT molecular complexity index is 343. The first-order valence-electron chi connectivity index (χ1n) is 5.66. The van der Waals surface area contributed by atoms with E-state index in [1.165, 1.54) is 18.5 Å². The number of carbonyl (C=O) groups is 1. The third-order valence-electron chi connectivity index (χ3n) is 2.88. The van der Waals surface area contributed by atoms with Crippen LogP contribution in [-0.4, -0.2) is 32.6 Å². The molecule has 0 N–H and O–H groups in total. The predicted molar refractivity (Wildman–Crippen MR) is 64.1 cm³/mol. The van der Waals surface area contributed by atoms with Gasteiger partial charge in [0.2, 0.25) is 0 Å². The average molecular weight is 219 g/mol. The van der Waals surface area contributed by atoms with Crippen molar-refractivity contribution in [2.24, 2.45) is 0 Å². The molecule has 0 bridgehead atoms. The molecule has 1 aromatic rings. The number of rotatable bonds is 6. The Morgan fingerprint density at radius 2 is 2.06 bits per heavy atom. The zero-order valence-corrected chi connectivity index (χ0v) is 9.56. The highest BCUT2D eigenvalue weighted by molar-refractivity contribution is 5.75. The van der Waals surface area contributed by atoms with Gasteiger partial charge in [-0.05, 0) is 37.1 Å². The van der Waals surface area contributed by atoms with E-state index in [2.05, 4.69) is 4.90 Å². The molecule has 0 saturated heterocycles. The molecule has 0 atom stereocenters. The first kappa shape index (κ1) is 11.1. The van der Waals surface area contributed by atoms with Crippen molar-refractivity contribution >= 4 is 12.0 Å². The molecule has 16 heavy (non-hydrogen) atoms. The van der Waals surface area contributed by atoms with Gasteiger partial charge in [-0.1, -0.05) is 0 Å². The Morgan fingerprint density at radius 1 is 1.38 bits per heavy atom. The fourth-order valence-corrected chi connectivity index (χ4v) is 1.84. The van der Waals surface area contributed by atoms with Gasteiger partial charge in [-0.2, -0.15) is 0 Å². The van der Waals surface area contributed by atoms with Gasteiger partial charge in [-0.25, -0.2) is 0 Å². The normalized spacial score (nSPS) is 14.8. The fraction of sp³-hybridized carbons (Fsp3) is 0.462. The van der Waals surface area contributed by atoms with Gasteiger partial charge in [0.25, 0.3) is 0 Å². The van der Waals surface area contributed by atoms with Crippen LogP contribution >= 0.6 is 0 Å². The SMILES string of the molecule is COCCN(c1ccc(C=O)cc1)C1CC1. The van der Waals surface area contributed by atoms with E-state index in [0.717, 1.165) is 25.0 Å². The lowest BCUT2D eigenvalue weighted by Crippen LogP contribution is -2.29. The molecule has 0 radical (unpaired) electrons. The minimum absolute atomic E-state index is 0.664. The highest BCUT2D eigenvalue weighted by atomic mass is 16.5. The summed E-state index contributed by atoms with van der Waals surface area (Å²) in [6, 6.07) is 8.42. The van der Waals surface area contributed by atoms with Crippen molar-refractivity contribution in [2.75, 3.05) is 25.2 Å². The minimum atomic E-state index is 0.664. The quantitative estimate of drug-likeness (QED) is 0.686. The Kier molecular flexibility index (Phi) is 3.57. The van der Waals surface area contributed by atoms with E-state index in [9.17, 15) is 4.79 Å². The molecule has 86 valence electrons. The summed E-state index contributed by atoms with van der Waals surface area (Å²) in [6.07, 6.45) is 3.40. The van der Waals surface area contributed by atoms with Crippen molar-refractivity contribution in [3.05, 3.63) is 29.8 Å². The number of anilines is 1. The third kappa shape index (κ3) is 2.61. The molecular formula is C13H17NO2. The molecule has 0 amide bonds. The lowest BCUT2D eigenvalue weighted by Gasteiger charge is -2.24. The van der Waals surface area contributed by atoms with E-state index in [-0.39, 0.29) is 0 Å². The number of hydrogen-bond donors (Lipinski definition) is 0. The highest BCUT2D eigenvalue weighted by Crippen LogP contribution is 2.31. The summed E-state index contributed by atoms with van der Waals surface area (Å²) >= 11 is 0. The van der Waals surface area contributed by atoms with Crippen LogP contribution in [0.3, 0.4) is 0 Å². The van der Waals surface area contributed by atoms with Crippen molar-refractivity contribution in [3.8, 4) is 0 Å². The summed E-state index contributed by atoms with van der Waals surface area (Å²) in [7, 11) is 1.72. The smallest absolute Gasteiger partial charge is 0.150 e. The maximum absolute atomic E-state index is 10.6. The van der Waals surface area contributed by atoms with Gasteiger partial charge in [0, 0.05) is 30.9 Å². The van der Waals surface area contributed by atoms with Crippen LogP contribution in [-0.2, 0) is 4.74 Å². The van der Waals surface area contributed by atoms with Crippen molar-refractivity contribution in [1.29, 1.82) is 0 Å². The molecule has 0 heterocycles. The van der Waals surface area contributed by atoms with E-state index in [1.54, 1.807) is 7.11 Å². The molecular weight excluding hydrogens is 202 g/mol. The first-order chi connectivity index (χ1) is 7.85. The van der Waals surface area contributed by atoms with E-state index < -0.39 is 0 Å². The number of methoxy groups -OCH3 is 1. The lowest BCUT2D eigenvalue weighted by molar-refractivity contribution is 0.112. The molecule has 0 aliphatic heterocycles. The molecule has 0 aromatic heterocycles. The zero-order chi connectivity index (χ0) is 11.4. The number of carbonyl (C=O) groups excluding carboxylic acids is 1. The number of ether oxygens (including phenoxy) is 1. The summed E-state index contributed by atoms with van der Waals surface area (Å²) in [5.41, 5.74) is 1.91. The van der Waals surface area contributed by atoms with E-state index in [1.807, 2.05) is 24.3 Å². The van der Waals surface area contributed by atoms with Crippen molar-refractivity contribution in [2.45, 2.75) is 18.9 Å². The minimum Gasteiger partial charge on any atom is -0.383 e. The molecule has 3 heteroatoms. The largest absolute Gasteiger partial charge is 0.383 e. The first-order valence-corrected chi connectivity index (χ1v) is 5.66. The Labute approximate surface area is 96.0 Å². The van der Waals surface area contributed by atoms with Crippen LogP contribution in [0.25, 0.3) is 0 Å². The Balaban J connectivity index is 2.08. The summed E-state index contributed by atoms with van der Waals surface area (Å²) < 4.78 is 5.12. The summed E-state index contributed by atoms with van der Waals surface area (Å²) in [5.74, 6) is 0. The molecule has 0 unspecified atom stereocenters. The molecule has 1 saturated carbocycles. The topological polar surface area (TPSA) is 29.5 Å². The second-order valence-electron chi connectivity index (χ2n) is 4.13. The molecule has 1 aromatic carbocycles. The van der Waals surface area contributed by atoms with Gasteiger partial charge < -0.3 is 9.64 Å². The van der Waals surface area contributed by atoms with Crippen LogP contribution in [0.4, 0.5) is 5.69 Å². The molecule has 3 nitrogen and oxygen atoms in total. The average Bonchev–Trinajstić information content (AvgIpc) is 3.15. The Hall–Kier alpha value is -1.35. The van der Waals surface area contributed by atoms with Gasteiger partial charge in [0.1, 0.15) is 6.29 Å². The van der Waals surface area contributed by atoms with Gasteiger partial charge in [0.15, 0.2) is 0 Å². The number of hydrogen-bond acceptors (Lipinski definition) is 3. The van der Waals surface area contributed by atoms with Gasteiger partial charge >= 0.3 is 0 Å². The Morgan fingerprint density at radius 3 is 2.56 bits per heavy atom. The molecule has 2 rings (SSSR count). The van der Waals surface area contributed by atoms with Crippen LogP contribution in [0.5, 0.6) is 0 Å². The second-order valence-corrected chi connectivity index (χ2v) is 4.13. The maximum Gasteiger partial charge on any atom is 0.150 e. The van der Waals surface area contributed by atoms with E-state index in [0.29, 0.717) is 6.04 Å². The van der Waals surface area contributed by atoms with Crippen molar-refractivity contribution in [3.63, 3.8) is 0 Å². The molecule has 1 fully saturated rings. The summed E-state index contributed by atoms with van der Waals surface area (Å²) in [6.45, 7) is 1.66. The summed E-state index contributed by atoms with van der Waals surface area (Å²) in [5, 5.41) is 0. The van der Waals surface area contributed by atoms with Crippen LogP contribution in [0.2, 0.25) is 0 Å². The summed E-state index contributed by atoms with van der Waals surface area (Å²) in [4.78, 5) is 12.9. The van der Waals surface area contributed by atoms with Crippen LogP contribution in [0.1, 0.15) is 23.2 Å². The standard InChI is InChI=1S/C13H17NO2/c1-16-9-8-14(13-6-7-13)12-4-2-11(10-15)3-5-12/h2-5,10,13H,6-9H2,1H3. The fourth-order valence-electron chi connectivity index (χ4n) is 1.84. The van der Waals surface area contributed by atoms with Crippen LogP contribution in [0, 0.1) is 0 Å². The molecule has 1 aliphatic rings. The van der Waals surface area contributed by atoms with E-state index >= 15 is 0 Å². The number of aldehydes is 1. The van der Waals surface area contributed by atoms with Gasteiger partial charge in [-0.3, -0.25) is 4.79 Å². The van der Waals surface area contributed by atoms with Crippen molar-refractivity contribution < 1.29 is 9.53 Å². The highest BCUT2D eigenvalue weighted by Gasteiger charge is 2.28. The van der Waals surface area contributed by atoms with E-state index in [4.69, 9.17) is 4.74 Å². The van der Waals surface area contributed by atoms with Gasteiger partial charge in [-0.15, -0.1) is 0 Å². The number of nitrogens with zero attached hydrogens (tertiary/aromatic N) is 1. The molecule has 0 spiro atoms. The monoisotopic (exact) mass is 219 g/mol. The maximum atomic E-state index is 10.6. The van der Waals surface area contributed by atoms with Crippen LogP contribution in [0.15, 0.2) is 24.3 Å². The van der Waals surface area contributed by atoms with Gasteiger partial charge in [0.05, 0.1) is 6.61 Å². The van der Waals surface area contributed by atoms with Crippen LogP contribution < -0.4 is 4.90 Å². The number of benzene rings is 1. The third-order valence-corrected chi connectivity index (χ3v) is 2.88. The zero-order valence-electron chi connectivity index (χ0n) is 9.56.